The number of carbonyl (C=O) groups is 1. The van der Waals surface area contributed by atoms with E-state index in [1.165, 1.54) is 12.1 Å². The molecule has 6 heteroatoms. The molecule has 2 N–H and O–H groups in total. The van der Waals surface area contributed by atoms with Crippen LogP contribution in [0.4, 0.5) is 5.69 Å². The molecule has 0 radical (unpaired) electrons. The van der Waals surface area contributed by atoms with E-state index < -0.39 is 10.0 Å². The minimum absolute atomic E-state index is 0.167. The molecule has 0 aliphatic rings. The van der Waals surface area contributed by atoms with Gasteiger partial charge in [0.1, 0.15) is 0 Å². The monoisotopic (exact) mass is 430 g/mol. The number of fused-ring (bicyclic) bond motifs is 1. The highest BCUT2D eigenvalue weighted by molar-refractivity contribution is 7.92. The summed E-state index contributed by atoms with van der Waals surface area (Å²) in [5.74, 6) is -0.270. The van der Waals surface area contributed by atoms with Crippen LogP contribution in [0.25, 0.3) is 10.8 Å². The zero-order chi connectivity index (χ0) is 21.8. The average molecular weight is 431 g/mol. The van der Waals surface area contributed by atoms with E-state index in [0.717, 1.165) is 21.9 Å². The first-order valence-corrected chi connectivity index (χ1v) is 11.4. The number of nitrogens with one attached hydrogen (secondary N) is 2. The summed E-state index contributed by atoms with van der Waals surface area (Å²) in [5.41, 5.74) is 2.51. The quantitative estimate of drug-likeness (QED) is 0.458. The van der Waals surface area contributed by atoms with Gasteiger partial charge in [-0.15, -0.1) is 0 Å². The fourth-order valence-corrected chi connectivity index (χ4v) is 4.54. The van der Waals surface area contributed by atoms with Crippen molar-refractivity contribution in [1.29, 1.82) is 0 Å². The second kappa shape index (κ2) is 8.62. The molecule has 0 unspecified atom stereocenters. The molecule has 0 aliphatic heterocycles. The van der Waals surface area contributed by atoms with E-state index in [4.69, 9.17) is 0 Å². The van der Waals surface area contributed by atoms with Crippen LogP contribution in [0.15, 0.2) is 95.9 Å². The Bertz CT molecular complexity index is 1340. The van der Waals surface area contributed by atoms with Gasteiger partial charge in [-0.3, -0.25) is 9.52 Å². The third kappa shape index (κ3) is 4.59. The SMILES string of the molecule is Cc1ccc(C(=O)NCc2cccc3ccccc23)cc1NS(=O)(=O)c1ccccc1. The molecule has 0 saturated carbocycles. The van der Waals surface area contributed by atoms with Crippen molar-refractivity contribution in [2.75, 3.05) is 4.72 Å². The lowest BCUT2D eigenvalue weighted by Crippen LogP contribution is -2.23. The Kier molecular flexibility index (Phi) is 5.73. The van der Waals surface area contributed by atoms with Gasteiger partial charge in [-0.25, -0.2) is 8.42 Å². The number of sulfonamides is 1. The zero-order valence-electron chi connectivity index (χ0n) is 17.0. The standard InChI is InChI=1S/C25H22N2O3S/c1-18-14-15-20(16-24(18)27-31(29,30)22-11-3-2-4-12-22)25(28)26-17-21-10-7-9-19-8-5-6-13-23(19)21/h2-16,27H,17H2,1H3,(H,26,28). The summed E-state index contributed by atoms with van der Waals surface area (Å²) in [6, 6.07) is 27.1. The zero-order valence-corrected chi connectivity index (χ0v) is 17.8. The van der Waals surface area contributed by atoms with Crippen molar-refractivity contribution in [2.45, 2.75) is 18.4 Å². The molecular formula is C25H22N2O3S. The fourth-order valence-electron chi connectivity index (χ4n) is 3.40. The number of anilines is 1. The van der Waals surface area contributed by atoms with E-state index in [1.807, 2.05) is 42.5 Å². The fraction of sp³-hybridized carbons (Fsp3) is 0.0800. The predicted molar refractivity (Wildman–Crippen MR) is 124 cm³/mol. The highest BCUT2D eigenvalue weighted by atomic mass is 32.2. The van der Waals surface area contributed by atoms with Crippen molar-refractivity contribution >= 4 is 32.4 Å². The van der Waals surface area contributed by atoms with Crippen LogP contribution in [0.2, 0.25) is 0 Å². The molecule has 0 spiro atoms. The van der Waals surface area contributed by atoms with Crippen molar-refractivity contribution in [1.82, 2.24) is 5.32 Å². The molecule has 5 nitrogen and oxygen atoms in total. The number of benzene rings is 4. The minimum Gasteiger partial charge on any atom is -0.348 e. The maximum atomic E-state index is 12.8. The minimum atomic E-state index is -3.74. The molecule has 4 rings (SSSR count). The van der Waals surface area contributed by atoms with Crippen LogP contribution in [0, 0.1) is 6.92 Å². The summed E-state index contributed by atoms with van der Waals surface area (Å²) in [6.45, 7) is 2.17. The van der Waals surface area contributed by atoms with Crippen LogP contribution in [-0.4, -0.2) is 14.3 Å². The number of carbonyl (C=O) groups excluding carboxylic acids is 1. The highest BCUT2D eigenvalue weighted by Gasteiger charge is 2.16. The average Bonchev–Trinajstić information content (AvgIpc) is 2.79. The molecule has 0 bridgehead atoms. The Balaban J connectivity index is 1.53. The third-order valence-corrected chi connectivity index (χ3v) is 6.50. The Morgan fingerprint density at radius 1 is 0.839 bits per heavy atom. The largest absolute Gasteiger partial charge is 0.348 e. The van der Waals surface area contributed by atoms with Crippen molar-refractivity contribution in [2.24, 2.45) is 0 Å². The lowest BCUT2D eigenvalue weighted by Gasteiger charge is -2.13. The van der Waals surface area contributed by atoms with E-state index >= 15 is 0 Å². The number of rotatable bonds is 6. The number of aryl methyl sites for hydroxylation is 1. The lowest BCUT2D eigenvalue weighted by atomic mass is 10.0. The molecule has 0 aliphatic carbocycles. The third-order valence-electron chi connectivity index (χ3n) is 5.12. The van der Waals surface area contributed by atoms with Crippen LogP contribution < -0.4 is 10.0 Å². The topological polar surface area (TPSA) is 75.3 Å². The van der Waals surface area contributed by atoms with Gasteiger partial charge in [0.2, 0.25) is 0 Å². The smallest absolute Gasteiger partial charge is 0.261 e. The maximum absolute atomic E-state index is 12.8. The normalized spacial score (nSPS) is 11.3. The van der Waals surface area contributed by atoms with Crippen molar-refractivity contribution in [3.8, 4) is 0 Å². The molecule has 0 fully saturated rings. The van der Waals surface area contributed by atoms with Crippen molar-refractivity contribution < 1.29 is 13.2 Å². The molecule has 31 heavy (non-hydrogen) atoms. The molecular weight excluding hydrogens is 408 g/mol. The van der Waals surface area contributed by atoms with Gasteiger partial charge in [-0.2, -0.15) is 0 Å². The van der Waals surface area contributed by atoms with Gasteiger partial charge < -0.3 is 5.32 Å². The van der Waals surface area contributed by atoms with E-state index in [-0.39, 0.29) is 10.8 Å². The van der Waals surface area contributed by atoms with Crippen LogP contribution in [0.1, 0.15) is 21.5 Å². The summed E-state index contributed by atoms with van der Waals surface area (Å²) < 4.78 is 27.9. The van der Waals surface area contributed by atoms with Gasteiger partial charge in [0.15, 0.2) is 0 Å². The van der Waals surface area contributed by atoms with Gasteiger partial charge in [0.25, 0.3) is 15.9 Å². The molecule has 4 aromatic carbocycles. The molecule has 0 saturated heterocycles. The van der Waals surface area contributed by atoms with Gasteiger partial charge in [-0.05, 0) is 53.1 Å². The van der Waals surface area contributed by atoms with Gasteiger partial charge in [0, 0.05) is 12.1 Å². The molecule has 0 atom stereocenters. The van der Waals surface area contributed by atoms with Crippen LogP contribution >= 0.6 is 0 Å². The first kappa shape index (κ1) is 20.6. The van der Waals surface area contributed by atoms with E-state index in [9.17, 15) is 13.2 Å². The number of hydrogen-bond donors (Lipinski definition) is 2. The maximum Gasteiger partial charge on any atom is 0.261 e. The summed E-state index contributed by atoms with van der Waals surface area (Å²) in [7, 11) is -3.74. The van der Waals surface area contributed by atoms with Crippen molar-refractivity contribution in [3.05, 3.63) is 108 Å². The molecule has 4 aromatic rings. The van der Waals surface area contributed by atoms with E-state index in [0.29, 0.717) is 17.8 Å². The first-order chi connectivity index (χ1) is 14.9. The van der Waals surface area contributed by atoms with E-state index in [2.05, 4.69) is 10.0 Å². The number of amides is 1. The Morgan fingerprint density at radius 2 is 1.55 bits per heavy atom. The van der Waals surface area contributed by atoms with Crippen LogP contribution in [-0.2, 0) is 16.6 Å². The highest BCUT2D eigenvalue weighted by Crippen LogP contribution is 2.22. The second-order valence-corrected chi connectivity index (χ2v) is 8.95. The summed E-state index contributed by atoms with van der Waals surface area (Å²) in [6.07, 6.45) is 0. The predicted octanol–water partition coefficient (Wildman–Crippen LogP) is 4.88. The molecule has 156 valence electrons. The van der Waals surface area contributed by atoms with E-state index in [1.54, 1.807) is 43.3 Å². The lowest BCUT2D eigenvalue weighted by molar-refractivity contribution is 0.0951. The van der Waals surface area contributed by atoms with Crippen LogP contribution in [0.3, 0.4) is 0 Å². The number of hydrogen-bond acceptors (Lipinski definition) is 3. The second-order valence-electron chi connectivity index (χ2n) is 7.27. The Labute approximate surface area is 181 Å². The molecule has 0 heterocycles. The summed E-state index contributed by atoms with van der Waals surface area (Å²) in [5, 5.41) is 5.13. The van der Waals surface area contributed by atoms with Gasteiger partial charge >= 0.3 is 0 Å². The summed E-state index contributed by atoms with van der Waals surface area (Å²) in [4.78, 5) is 12.9. The summed E-state index contributed by atoms with van der Waals surface area (Å²) >= 11 is 0. The Morgan fingerprint density at radius 3 is 2.35 bits per heavy atom. The van der Waals surface area contributed by atoms with Gasteiger partial charge in [-0.1, -0.05) is 66.7 Å². The molecule has 0 aromatic heterocycles. The molecule has 1 amide bonds. The van der Waals surface area contributed by atoms with Gasteiger partial charge in [0.05, 0.1) is 10.6 Å². The Hall–Kier alpha value is -3.64. The van der Waals surface area contributed by atoms with Crippen molar-refractivity contribution in [3.63, 3.8) is 0 Å². The van der Waals surface area contributed by atoms with Crippen LogP contribution in [0.5, 0.6) is 0 Å². The first-order valence-electron chi connectivity index (χ1n) is 9.87.